The maximum absolute atomic E-state index is 14.0. The number of hydrogen-bond donors (Lipinski definition) is 2. The third-order valence-corrected chi connectivity index (χ3v) is 7.65. The summed E-state index contributed by atoms with van der Waals surface area (Å²) in [5.74, 6) is -1.21. The third kappa shape index (κ3) is 9.50. The minimum Gasteiger partial charge on any atom is -0.349 e. The molecule has 1 atom stereocenters. The molecule has 0 saturated carbocycles. The third-order valence-electron chi connectivity index (χ3n) is 7.65. The molecule has 3 aromatic carbocycles. The summed E-state index contributed by atoms with van der Waals surface area (Å²) in [6, 6.07) is 16.1. The number of nitrogens with one attached hydrogen (secondary N) is 2. The van der Waals surface area contributed by atoms with Gasteiger partial charge in [-0.2, -0.15) is 4.68 Å². The molecule has 4 rings (SSSR count). The van der Waals surface area contributed by atoms with Crippen molar-refractivity contribution < 1.29 is 18.4 Å². The van der Waals surface area contributed by atoms with Crippen molar-refractivity contribution in [3.8, 4) is 5.69 Å². The molecule has 0 aliphatic heterocycles. The van der Waals surface area contributed by atoms with Crippen LogP contribution in [0.5, 0.6) is 0 Å². The molecule has 2 amide bonds. The van der Waals surface area contributed by atoms with E-state index in [0.717, 1.165) is 36.6 Å². The van der Waals surface area contributed by atoms with Crippen LogP contribution in [0.3, 0.4) is 0 Å². The lowest BCUT2D eigenvalue weighted by Crippen LogP contribution is -2.39. The minimum atomic E-state index is -0.678. The largest absolute Gasteiger partial charge is 0.349 e. The van der Waals surface area contributed by atoms with Crippen molar-refractivity contribution in [3.05, 3.63) is 106 Å². The maximum atomic E-state index is 14.0. The van der Waals surface area contributed by atoms with Gasteiger partial charge in [-0.05, 0) is 115 Å². The summed E-state index contributed by atoms with van der Waals surface area (Å²) in [7, 11) is 0. The Morgan fingerprint density at radius 2 is 1.63 bits per heavy atom. The first-order chi connectivity index (χ1) is 22.2. The van der Waals surface area contributed by atoms with Crippen LogP contribution in [0.1, 0.15) is 83.3 Å². The molecule has 0 fully saturated rings. The maximum Gasteiger partial charge on any atom is 0.253 e. The number of rotatable bonds is 16. The highest BCUT2D eigenvalue weighted by Gasteiger charge is 2.20. The lowest BCUT2D eigenvalue weighted by Gasteiger charge is -2.22. The Bertz CT molecular complexity index is 1600. The highest BCUT2D eigenvalue weighted by Crippen LogP contribution is 2.16. The quantitative estimate of drug-likeness (QED) is 0.156. The van der Waals surface area contributed by atoms with E-state index in [4.69, 9.17) is 0 Å². The van der Waals surface area contributed by atoms with Gasteiger partial charge in [-0.25, -0.2) is 8.78 Å². The Morgan fingerprint density at radius 1 is 0.913 bits per heavy atom. The van der Waals surface area contributed by atoms with Crippen LogP contribution in [0.25, 0.3) is 5.69 Å². The van der Waals surface area contributed by atoms with Gasteiger partial charge in [-0.1, -0.05) is 32.9 Å². The Hall–Kier alpha value is -4.51. The number of benzene rings is 3. The molecule has 9 nitrogen and oxygen atoms in total. The van der Waals surface area contributed by atoms with Crippen LogP contribution in [-0.4, -0.2) is 62.6 Å². The molecule has 4 aromatic rings. The molecule has 0 radical (unpaired) electrons. The van der Waals surface area contributed by atoms with Crippen molar-refractivity contribution in [1.82, 2.24) is 35.7 Å². The van der Waals surface area contributed by atoms with Crippen LogP contribution in [-0.2, 0) is 19.4 Å². The molecule has 1 aromatic heterocycles. The van der Waals surface area contributed by atoms with Gasteiger partial charge in [0.1, 0.15) is 11.6 Å². The van der Waals surface area contributed by atoms with Gasteiger partial charge in [0.2, 0.25) is 0 Å². The molecule has 0 bridgehead atoms. The highest BCUT2D eigenvalue weighted by atomic mass is 19.1. The standard InChI is InChI=1S/C35H43F2N7O2/c1-5-13-43(14-6-2)35(46)28-16-24(4)15-27(21-28)34(45)39-31(19-26-17-29(36)22-30(37)18-26)11-12-38-23-33-40-41-42-44(33)32-10-8-9-25(7-3)20-32/h8-10,15-18,20-22,31,38H,5-7,11-14,19,23H2,1-4H3,(H,39,45)/t31-/m1/s1. The Balaban J connectivity index is 1.48. The summed E-state index contributed by atoms with van der Waals surface area (Å²) in [6.45, 7) is 10.1. The van der Waals surface area contributed by atoms with Crippen molar-refractivity contribution in [2.75, 3.05) is 19.6 Å². The Kier molecular flexibility index (Phi) is 12.5. The first-order valence-corrected chi connectivity index (χ1v) is 15.9. The number of aromatic nitrogens is 4. The van der Waals surface area contributed by atoms with E-state index in [2.05, 4.69) is 33.1 Å². The summed E-state index contributed by atoms with van der Waals surface area (Å²) >= 11 is 0. The molecule has 244 valence electrons. The lowest BCUT2D eigenvalue weighted by atomic mass is 10.0. The van der Waals surface area contributed by atoms with Crippen LogP contribution < -0.4 is 10.6 Å². The van der Waals surface area contributed by atoms with Gasteiger partial charge in [0.05, 0.1) is 12.2 Å². The zero-order chi connectivity index (χ0) is 33.1. The number of aryl methyl sites for hydroxylation is 2. The summed E-state index contributed by atoms with van der Waals surface area (Å²) < 4.78 is 29.8. The molecule has 0 saturated heterocycles. The summed E-state index contributed by atoms with van der Waals surface area (Å²) in [4.78, 5) is 28.7. The second-order valence-corrected chi connectivity index (χ2v) is 11.5. The number of amides is 2. The van der Waals surface area contributed by atoms with Crippen LogP contribution in [0.2, 0.25) is 0 Å². The zero-order valence-electron chi connectivity index (χ0n) is 27.0. The average Bonchev–Trinajstić information content (AvgIpc) is 3.50. The van der Waals surface area contributed by atoms with Crippen molar-refractivity contribution in [1.29, 1.82) is 0 Å². The Morgan fingerprint density at radius 3 is 2.33 bits per heavy atom. The predicted molar refractivity (Wildman–Crippen MR) is 174 cm³/mol. The number of hydrogen-bond acceptors (Lipinski definition) is 6. The molecule has 1 heterocycles. The smallest absolute Gasteiger partial charge is 0.253 e. The number of halogens is 2. The SMILES string of the molecule is CCCN(CCC)C(=O)c1cc(C)cc(C(=O)N[C@H](CCNCc2nnnn2-c2cccc(CC)c2)Cc2cc(F)cc(F)c2)c1. The van der Waals surface area contributed by atoms with Crippen molar-refractivity contribution in [2.45, 2.75) is 72.4 Å². The summed E-state index contributed by atoms with van der Waals surface area (Å²) in [5.41, 5.74) is 4.06. The van der Waals surface area contributed by atoms with E-state index in [1.807, 2.05) is 45.0 Å². The fourth-order valence-electron chi connectivity index (χ4n) is 5.48. The van der Waals surface area contributed by atoms with E-state index in [0.29, 0.717) is 55.1 Å². The monoisotopic (exact) mass is 631 g/mol. The molecule has 11 heteroatoms. The summed E-state index contributed by atoms with van der Waals surface area (Å²) in [6.07, 6.45) is 3.23. The zero-order valence-corrected chi connectivity index (χ0v) is 27.0. The number of nitrogens with zero attached hydrogens (tertiary/aromatic N) is 5. The van der Waals surface area contributed by atoms with Crippen molar-refractivity contribution in [3.63, 3.8) is 0 Å². The van der Waals surface area contributed by atoms with Crippen molar-refractivity contribution in [2.24, 2.45) is 0 Å². The first kappa shape index (κ1) is 34.4. The van der Waals surface area contributed by atoms with Crippen LogP contribution in [0.15, 0.2) is 60.7 Å². The van der Waals surface area contributed by atoms with Crippen LogP contribution in [0.4, 0.5) is 8.78 Å². The topological polar surface area (TPSA) is 105 Å². The second kappa shape index (κ2) is 16.7. The molecule has 46 heavy (non-hydrogen) atoms. The van der Waals surface area contributed by atoms with E-state index in [9.17, 15) is 18.4 Å². The number of carbonyl (C=O) groups is 2. The first-order valence-electron chi connectivity index (χ1n) is 15.9. The van der Waals surface area contributed by atoms with Gasteiger partial charge in [0.25, 0.3) is 11.8 Å². The minimum absolute atomic E-state index is 0.110. The van der Waals surface area contributed by atoms with E-state index >= 15 is 0 Å². The van der Waals surface area contributed by atoms with Gasteiger partial charge >= 0.3 is 0 Å². The second-order valence-electron chi connectivity index (χ2n) is 11.5. The fraction of sp³-hybridized carbons (Fsp3) is 0.400. The van der Waals surface area contributed by atoms with E-state index in [1.165, 1.54) is 17.7 Å². The highest BCUT2D eigenvalue weighted by molar-refractivity contribution is 6.00. The van der Waals surface area contributed by atoms with E-state index in [1.54, 1.807) is 27.8 Å². The Labute approximate surface area is 269 Å². The number of tetrazole rings is 1. The fourth-order valence-corrected chi connectivity index (χ4v) is 5.48. The van der Waals surface area contributed by atoms with Crippen LogP contribution in [0, 0.1) is 18.6 Å². The van der Waals surface area contributed by atoms with Gasteiger partial charge < -0.3 is 15.5 Å². The predicted octanol–water partition coefficient (Wildman–Crippen LogP) is 5.59. The number of carbonyl (C=O) groups excluding carboxylic acids is 2. The van der Waals surface area contributed by atoms with Crippen LogP contribution >= 0.6 is 0 Å². The molecule has 0 spiro atoms. The van der Waals surface area contributed by atoms with E-state index < -0.39 is 17.7 Å². The molecule has 0 aliphatic carbocycles. The van der Waals surface area contributed by atoms with E-state index in [-0.39, 0.29) is 18.2 Å². The van der Waals surface area contributed by atoms with Gasteiger partial charge in [0.15, 0.2) is 5.82 Å². The van der Waals surface area contributed by atoms with Crippen molar-refractivity contribution >= 4 is 11.8 Å². The lowest BCUT2D eigenvalue weighted by molar-refractivity contribution is 0.0755. The van der Waals surface area contributed by atoms with Gasteiger partial charge in [-0.15, -0.1) is 5.10 Å². The molecule has 2 N–H and O–H groups in total. The molecule has 0 unspecified atom stereocenters. The van der Waals surface area contributed by atoms with Gasteiger partial charge in [0, 0.05) is 36.3 Å². The molecule has 0 aliphatic rings. The van der Waals surface area contributed by atoms with Gasteiger partial charge in [-0.3, -0.25) is 9.59 Å². The summed E-state index contributed by atoms with van der Waals surface area (Å²) in [5, 5.41) is 18.5. The normalized spacial score (nSPS) is 11.8. The average molecular weight is 632 g/mol. The molecular weight excluding hydrogens is 588 g/mol. The molecular formula is C35H43F2N7O2.